The molecule has 6 nitrogen and oxygen atoms in total. The molecular weight excluding hydrogens is 504 g/mol. The lowest BCUT2D eigenvalue weighted by atomic mass is 9.89. The number of allylic oxidation sites excluding steroid dienone is 8. The van der Waals surface area contributed by atoms with Crippen LogP contribution in [0.25, 0.3) is 0 Å². The van der Waals surface area contributed by atoms with Crippen LogP contribution in [0.1, 0.15) is 93.4 Å². The third-order valence-corrected chi connectivity index (χ3v) is 7.42. The largest absolute Gasteiger partial charge is 0.458 e. The lowest BCUT2D eigenvalue weighted by Gasteiger charge is -2.24. The first-order chi connectivity index (χ1) is 18.8. The average Bonchev–Trinajstić information content (AvgIpc) is 2.89. The monoisotopic (exact) mass is 556 g/mol. The predicted octanol–water partition coefficient (Wildman–Crippen LogP) is 6.63. The number of hydrogen-bond acceptors (Lipinski definition) is 6. The molecule has 0 aromatic heterocycles. The molecule has 2 N–H and O–H groups in total. The second-order valence-electron chi connectivity index (χ2n) is 11.8. The summed E-state index contributed by atoms with van der Waals surface area (Å²) in [6, 6.07) is 0. The Hall–Kier alpha value is -2.57. The zero-order chi connectivity index (χ0) is 30.2. The number of hydrogen-bond donors (Lipinski definition) is 2. The number of esters is 1. The van der Waals surface area contributed by atoms with Crippen molar-refractivity contribution in [2.75, 3.05) is 0 Å². The number of ether oxygens (including phenoxy) is 1. The fourth-order valence-electron chi connectivity index (χ4n) is 4.55. The molecule has 6 atom stereocenters. The molecular formula is C34H52O6. The van der Waals surface area contributed by atoms with Gasteiger partial charge in [-0.3, -0.25) is 9.59 Å². The summed E-state index contributed by atoms with van der Waals surface area (Å²) in [5.41, 5.74) is 1.42. The maximum absolute atomic E-state index is 12.8. The number of carbonyl (C=O) groups is 3. The maximum Gasteiger partial charge on any atom is 0.334 e. The summed E-state index contributed by atoms with van der Waals surface area (Å²) in [5.74, 6) is -1.14. The van der Waals surface area contributed by atoms with Crippen LogP contribution in [0.5, 0.6) is 0 Å². The van der Waals surface area contributed by atoms with Gasteiger partial charge in [0.05, 0.1) is 12.2 Å². The van der Waals surface area contributed by atoms with E-state index in [-0.39, 0.29) is 41.9 Å². The van der Waals surface area contributed by atoms with Gasteiger partial charge in [-0.1, -0.05) is 82.7 Å². The van der Waals surface area contributed by atoms with Crippen molar-refractivity contribution in [3.8, 4) is 0 Å². The van der Waals surface area contributed by atoms with Crippen LogP contribution in [0.2, 0.25) is 0 Å². The molecule has 6 unspecified atom stereocenters. The Morgan fingerprint density at radius 3 is 2.33 bits per heavy atom. The van der Waals surface area contributed by atoms with Gasteiger partial charge in [0.1, 0.15) is 11.9 Å². The van der Waals surface area contributed by atoms with Crippen LogP contribution in [-0.4, -0.2) is 46.1 Å². The molecule has 1 aliphatic rings. The number of carbonyl (C=O) groups excluding carboxylic acids is 3. The fraction of sp³-hybridized carbons (Fsp3) is 0.618. The minimum atomic E-state index is -0.854. The van der Waals surface area contributed by atoms with Crippen molar-refractivity contribution in [1.29, 1.82) is 0 Å². The molecule has 0 saturated carbocycles. The summed E-state index contributed by atoms with van der Waals surface area (Å²) in [6.07, 6.45) is 16.2. The average molecular weight is 557 g/mol. The molecule has 0 saturated heterocycles. The first kappa shape index (κ1) is 35.5. The number of cyclic esters (lactones) is 1. The highest BCUT2D eigenvalue weighted by Gasteiger charge is 2.25. The van der Waals surface area contributed by atoms with Crippen molar-refractivity contribution in [2.45, 2.75) is 112 Å². The van der Waals surface area contributed by atoms with E-state index in [2.05, 4.69) is 13.8 Å². The molecule has 0 bridgehead atoms. The van der Waals surface area contributed by atoms with E-state index in [4.69, 9.17) is 4.74 Å². The van der Waals surface area contributed by atoms with Crippen LogP contribution in [0.15, 0.2) is 59.8 Å². The van der Waals surface area contributed by atoms with Gasteiger partial charge in [0.2, 0.25) is 0 Å². The van der Waals surface area contributed by atoms with E-state index in [0.29, 0.717) is 30.8 Å². The van der Waals surface area contributed by atoms with Crippen molar-refractivity contribution in [1.82, 2.24) is 0 Å². The molecule has 40 heavy (non-hydrogen) atoms. The number of aliphatic hydroxyl groups excluding tert-OH is 2. The maximum atomic E-state index is 12.8. The minimum absolute atomic E-state index is 0.0152. The van der Waals surface area contributed by atoms with E-state index in [1.807, 2.05) is 45.1 Å². The van der Waals surface area contributed by atoms with E-state index < -0.39 is 18.1 Å². The van der Waals surface area contributed by atoms with Gasteiger partial charge in [-0.15, -0.1) is 0 Å². The Kier molecular flexibility index (Phi) is 16.6. The molecule has 1 aliphatic heterocycles. The number of Topliss-reactive ketones (excluding diaryl/α,β-unsaturated/α-hetero) is 1. The van der Waals surface area contributed by atoms with Crippen LogP contribution >= 0.6 is 0 Å². The predicted molar refractivity (Wildman–Crippen MR) is 161 cm³/mol. The zero-order valence-electron chi connectivity index (χ0n) is 25.6. The molecule has 224 valence electrons. The third-order valence-electron chi connectivity index (χ3n) is 7.42. The highest BCUT2D eigenvalue weighted by Crippen LogP contribution is 2.22. The van der Waals surface area contributed by atoms with Crippen molar-refractivity contribution in [3.63, 3.8) is 0 Å². The number of rotatable bonds is 2. The zero-order valence-corrected chi connectivity index (χ0v) is 25.6. The van der Waals surface area contributed by atoms with Crippen molar-refractivity contribution in [2.24, 2.45) is 23.7 Å². The topological polar surface area (TPSA) is 101 Å². The summed E-state index contributed by atoms with van der Waals surface area (Å²) in [4.78, 5) is 38.1. The Balaban J connectivity index is 3.12. The van der Waals surface area contributed by atoms with Crippen LogP contribution < -0.4 is 0 Å². The SMILES string of the molecule is CC1=C\C(C)C(CC(C)C)OC(=O)/C(C)=C/C=C/C=C/CCCC(O)CC(=O)C(C)C(O)CCC(C)C(=O)\C=C\1. The van der Waals surface area contributed by atoms with Crippen molar-refractivity contribution < 1.29 is 29.3 Å². The van der Waals surface area contributed by atoms with E-state index in [0.717, 1.165) is 24.8 Å². The van der Waals surface area contributed by atoms with Crippen LogP contribution in [-0.2, 0) is 19.1 Å². The van der Waals surface area contributed by atoms with Gasteiger partial charge in [0, 0.05) is 29.7 Å². The molecule has 0 spiro atoms. The van der Waals surface area contributed by atoms with E-state index in [9.17, 15) is 24.6 Å². The molecule has 0 aliphatic carbocycles. The lowest BCUT2D eigenvalue weighted by molar-refractivity contribution is -0.146. The van der Waals surface area contributed by atoms with Gasteiger partial charge in [0.25, 0.3) is 0 Å². The quantitative estimate of drug-likeness (QED) is 0.370. The summed E-state index contributed by atoms with van der Waals surface area (Å²) in [6.45, 7) is 13.4. The molecule has 6 heteroatoms. The smallest absolute Gasteiger partial charge is 0.334 e. The molecule has 0 amide bonds. The van der Waals surface area contributed by atoms with Crippen molar-refractivity contribution in [3.05, 3.63) is 59.8 Å². The Labute approximate surface area is 242 Å². The van der Waals surface area contributed by atoms with Crippen LogP contribution in [0.4, 0.5) is 0 Å². The van der Waals surface area contributed by atoms with Gasteiger partial charge < -0.3 is 14.9 Å². The van der Waals surface area contributed by atoms with Gasteiger partial charge in [-0.2, -0.15) is 0 Å². The highest BCUT2D eigenvalue weighted by atomic mass is 16.5. The molecule has 1 rings (SSSR count). The third kappa shape index (κ3) is 14.2. The Morgan fingerprint density at radius 1 is 0.950 bits per heavy atom. The lowest BCUT2D eigenvalue weighted by Crippen LogP contribution is -2.29. The number of aliphatic hydroxyl groups is 2. The number of ketones is 2. The molecule has 0 aromatic carbocycles. The Morgan fingerprint density at radius 2 is 1.65 bits per heavy atom. The van der Waals surface area contributed by atoms with Crippen molar-refractivity contribution >= 4 is 17.5 Å². The molecule has 1 heterocycles. The van der Waals surface area contributed by atoms with Gasteiger partial charge in [-0.25, -0.2) is 4.79 Å². The Bertz CT molecular complexity index is 967. The summed E-state index contributed by atoms with van der Waals surface area (Å²) in [5, 5.41) is 20.8. The van der Waals surface area contributed by atoms with Gasteiger partial charge in [-0.05, 0) is 64.4 Å². The van der Waals surface area contributed by atoms with Crippen LogP contribution in [0.3, 0.4) is 0 Å². The molecule has 0 fully saturated rings. The normalized spacial score (nSPS) is 34.7. The first-order valence-corrected chi connectivity index (χ1v) is 14.8. The standard InChI is InChI=1S/C34H52O6/c1-23(2)20-33-27(6)21-24(3)16-18-30(36)25(4)17-19-31(37)28(7)32(38)22-29(35)15-13-11-9-8-10-12-14-26(5)34(39)40-33/h8-10,12,14,16,18,21,23,25,27-29,31,33,35,37H,11,13,15,17,19-20,22H2,1-7H3/b9-8+,12-10+,18-16+,24-21+,26-14+. The fourth-order valence-corrected chi connectivity index (χ4v) is 4.55. The van der Waals surface area contributed by atoms with E-state index in [1.165, 1.54) is 0 Å². The highest BCUT2D eigenvalue weighted by molar-refractivity contribution is 5.91. The minimum Gasteiger partial charge on any atom is -0.458 e. The van der Waals surface area contributed by atoms with Gasteiger partial charge in [0.15, 0.2) is 5.78 Å². The molecule has 0 aromatic rings. The summed E-state index contributed by atoms with van der Waals surface area (Å²) in [7, 11) is 0. The first-order valence-electron chi connectivity index (χ1n) is 14.8. The second kappa shape index (κ2) is 18.7. The molecule has 0 radical (unpaired) electrons. The van der Waals surface area contributed by atoms with Gasteiger partial charge >= 0.3 is 5.97 Å². The van der Waals surface area contributed by atoms with E-state index >= 15 is 0 Å². The summed E-state index contributed by atoms with van der Waals surface area (Å²) < 4.78 is 5.90. The van der Waals surface area contributed by atoms with Crippen LogP contribution in [0, 0.1) is 23.7 Å². The van der Waals surface area contributed by atoms with E-state index in [1.54, 1.807) is 38.2 Å². The second-order valence-corrected chi connectivity index (χ2v) is 11.8. The summed E-state index contributed by atoms with van der Waals surface area (Å²) >= 11 is 0.